The second kappa shape index (κ2) is 9.52. The quantitative estimate of drug-likeness (QED) is 0.292. The van der Waals surface area contributed by atoms with E-state index in [1.807, 2.05) is 0 Å². The van der Waals surface area contributed by atoms with Gasteiger partial charge in [-0.3, -0.25) is 28.3 Å². The van der Waals surface area contributed by atoms with Crippen LogP contribution in [0.4, 0.5) is 0 Å². The Bertz CT molecular complexity index is 1670. The summed E-state index contributed by atoms with van der Waals surface area (Å²) >= 11 is 24.3. The van der Waals surface area contributed by atoms with Crippen molar-refractivity contribution < 1.29 is 0 Å². The van der Waals surface area contributed by atoms with Gasteiger partial charge in [-0.25, -0.2) is 0 Å². The Labute approximate surface area is 223 Å². The minimum atomic E-state index is -0.519. The minimum absolute atomic E-state index is 0.0915. The first-order chi connectivity index (χ1) is 17.2. The number of aromatic nitrogens is 2. The van der Waals surface area contributed by atoms with E-state index in [1.165, 1.54) is 12.1 Å². The Hall–Kier alpha value is -2.90. The summed E-state index contributed by atoms with van der Waals surface area (Å²) in [6.45, 7) is 0.183. The highest BCUT2D eigenvalue weighted by atomic mass is 35.5. The fraction of sp³-hybridized carbons (Fsp3) is 0.154. The lowest BCUT2D eigenvalue weighted by molar-refractivity contribution is 0.664. The third-order valence-electron chi connectivity index (χ3n) is 6.30. The van der Waals surface area contributed by atoms with Gasteiger partial charge in [-0.15, -0.1) is 0 Å². The molecule has 0 aliphatic heterocycles. The van der Waals surface area contributed by atoms with E-state index in [0.717, 1.165) is 20.3 Å². The van der Waals surface area contributed by atoms with Gasteiger partial charge in [0, 0.05) is 33.2 Å². The van der Waals surface area contributed by atoms with Crippen molar-refractivity contribution >= 4 is 67.9 Å². The second-order valence-corrected chi connectivity index (χ2v) is 10.1. The van der Waals surface area contributed by atoms with E-state index in [1.54, 1.807) is 36.4 Å². The number of aryl methyl sites for hydroxylation is 2. The number of halogens is 4. The molecular formula is C26H16Cl4N2O4. The third-order valence-corrected chi connectivity index (χ3v) is 7.47. The van der Waals surface area contributed by atoms with Gasteiger partial charge in [0.15, 0.2) is 0 Å². The van der Waals surface area contributed by atoms with Gasteiger partial charge in [-0.2, -0.15) is 0 Å². The van der Waals surface area contributed by atoms with Gasteiger partial charge < -0.3 is 0 Å². The molecule has 0 fully saturated rings. The summed E-state index contributed by atoms with van der Waals surface area (Å²) in [7, 11) is 0. The SMILES string of the molecule is O=c1c2cc3c(=O)n(CCc4ccc(Cl)cc4Cl)c(=O)c3cc2c(=O)n1CCc1ccc(Cl)cc1Cl. The van der Waals surface area contributed by atoms with Crippen molar-refractivity contribution in [2.75, 3.05) is 0 Å². The summed E-state index contributed by atoms with van der Waals surface area (Å²) in [6.07, 6.45) is 0.667. The molecule has 0 saturated carbocycles. The summed E-state index contributed by atoms with van der Waals surface area (Å²) in [6, 6.07) is 12.7. The minimum Gasteiger partial charge on any atom is -0.274 e. The predicted molar refractivity (Wildman–Crippen MR) is 145 cm³/mol. The topological polar surface area (TPSA) is 78.1 Å². The molecule has 3 aromatic carbocycles. The first-order valence-corrected chi connectivity index (χ1v) is 12.4. The van der Waals surface area contributed by atoms with E-state index in [-0.39, 0.29) is 34.6 Å². The van der Waals surface area contributed by atoms with Crippen LogP contribution in [0.2, 0.25) is 20.1 Å². The molecule has 182 valence electrons. The summed E-state index contributed by atoms with van der Waals surface area (Å²) in [5.74, 6) is 0. The molecule has 5 rings (SSSR count). The number of fused-ring (bicyclic) bond motifs is 2. The molecule has 0 saturated heterocycles. The average molecular weight is 562 g/mol. The van der Waals surface area contributed by atoms with E-state index < -0.39 is 22.2 Å². The Morgan fingerprint density at radius 3 is 1.14 bits per heavy atom. The van der Waals surface area contributed by atoms with E-state index in [4.69, 9.17) is 46.4 Å². The number of nitrogens with zero attached hydrogens (tertiary/aromatic N) is 2. The highest BCUT2D eigenvalue weighted by Crippen LogP contribution is 2.23. The first kappa shape index (κ1) is 24.8. The van der Waals surface area contributed by atoms with Crippen LogP contribution in [0.1, 0.15) is 11.1 Å². The molecule has 0 aliphatic carbocycles. The molecule has 0 unspecified atom stereocenters. The summed E-state index contributed by atoms with van der Waals surface area (Å²) in [4.78, 5) is 52.1. The number of hydrogen-bond acceptors (Lipinski definition) is 4. The van der Waals surface area contributed by atoms with Gasteiger partial charge >= 0.3 is 0 Å². The van der Waals surface area contributed by atoms with Crippen molar-refractivity contribution in [2.24, 2.45) is 0 Å². The molecule has 0 amide bonds. The summed E-state index contributed by atoms with van der Waals surface area (Å²) in [5.41, 5.74) is -0.600. The van der Waals surface area contributed by atoms with Crippen molar-refractivity contribution in [1.29, 1.82) is 0 Å². The molecule has 0 radical (unpaired) electrons. The maximum absolute atomic E-state index is 13.0. The lowest BCUT2D eigenvalue weighted by atomic mass is 10.1. The van der Waals surface area contributed by atoms with Crippen LogP contribution in [0.25, 0.3) is 21.5 Å². The molecule has 0 bridgehead atoms. The zero-order valence-electron chi connectivity index (χ0n) is 18.5. The van der Waals surface area contributed by atoms with Crippen LogP contribution in [0.3, 0.4) is 0 Å². The molecule has 5 aromatic rings. The molecule has 0 spiro atoms. The van der Waals surface area contributed by atoms with Gasteiger partial charge in [-0.05, 0) is 60.4 Å². The zero-order valence-corrected chi connectivity index (χ0v) is 21.5. The van der Waals surface area contributed by atoms with Crippen LogP contribution in [0, 0.1) is 0 Å². The Balaban J connectivity index is 1.51. The molecule has 0 atom stereocenters. The third kappa shape index (κ3) is 4.28. The van der Waals surface area contributed by atoms with Crippen molar-refractivity contribution in [2.45, 2.75) is 25.9 Å². The first-order valence-electron chi connectivity index (χ1n) is 10.9. The molecule has 10 heteroatoms. The normalized spacial score (nSPS) is 11.7. The van der Waals surface area contributed by atoms with Gasteiger partial charge in [0.25, 0.3) is 22.2 Å². The van der Waals surface area contributed by atoms with Gasteiger partial charge in [0.1, 0.15) is 0 Å². The molecule has 0 N–H and O–H groups in total. The van der Waals surface area contributed by atoms with Crippen molar-refractivity contribution in [1.82, 2.24) is 9.13 Å². The van der Waals surface area contributed by atoms with E-state index >= 15 is 0 Å². The van der Waals surface area contributed by atoms with Crippen molar-refractivity contribution in [3.8, 4) is 0 Å². The average Bonchev–Trinajstić information content (AvgIpc) is 3.21. The highest BCUT2D eigenvalue weighted by Gasteiger charge is 2.20. The van der Waals surface area contributed by atoms with Crippen LogP contribution in [-0.4, -0.2) is 9.13 Å². The molecule has 2 heterocycles. The second-order valence-electron chi connectivity index (χ2n) is 8.44. The van der Waals surface area contributed by atoms with Crippen molar-refractivity contribution in [3.05, 3.63) is 121 Å². The van der Waals surface area contributed by atoms with Gasteiger partial charge in [0.2, 0.25) is 0 Å². The molecule has 2 aromatic heterocycles. The molecule has 6 nitrogen and oxygen atoms in total. The smallest absolute Gasteiger partial charge is 0.261 e. The fourth-order valence-electron chi connectivity index (χ4n) is 4.39. The predicted octanol–water partition coefficient (Wildman–Crippen LogP) is 5.01. The highest BCUT2D eigenvalue weighted by molar-refractivity contribution is 6.35. The summed E-state index contributed by atoms with van der Waals surface area (Å²) in [5, 5.41) is 2.25. The zero-order chi connectivity index (χ0) is 25.7. The number of rotatable bonds is 6. The molecule has 0 aliphatic rings. The Morgan fingerprint density at radius 2 is 0.833 bits per heavy atom. The van der Waals surface area contributed by atoms with Crippen LogP contribution >= 0.6 is 46.4 Å². The van der Waals surface area contributed by atoms with E-state index in [0.29, 0.717) is 32.9 Å². The van der Waals surface area contributed by atoms with E-state index in [9.17, 15) is 19.2 Å². The van der Waals surface area contributed by atoms with Crippen LogP contribution < -0.4 is 22.2 Å². The number of benzene rings is 3. The maximum Gasteiger partial charge on any atom is 0.261 e. The Morgan fingerprint density at radius 1 is 0.500 bits per heavy atom. The fourth-order valence-corrected chi connectivity index (χ4v) is 5.40. The van der Waals surface area contributed by atoms with Crippen LogP contribution in [0.15, 0.2) is 67.7 Å². The Kier molecular flexibility index (Phi) is 6.55. The molecule has 36 heavy (non-hydrogen) atoms. The lowest BCUT2D eigenvalue weighted by Crippen LogP contribution is -2.27. The number of hydrogen-bond donors (Lipinski definition) is 0. The van der Waals surface area contributed by atoms with Gasteiger partial charge in [-0.1, -0.05) is 58.5 Å². The standard InChI is InChI=1S/C26H16Cl4N2O4/c27-15-3-1-13(21(29)9-15)5-7-31-23(33)17-11-19-20(12-18(17)24(31)34)26(36)32(25(19)35)8-6-14-2-4-16(28)10-22(14)30/h1-4,9-12H,5-8H2. The monoisotopic (exact) mass is 560 g/mol. The summed E-state index contributed by atoms with van der Waals surface area (Å²) < 4.78 is 2.19. The molecular weight excluding hydrogens is 546 g/mol. The van der Waals surface area contributed by atoms with Crippen molar-refractivity contribution in [3.63, 3.8) is 0 Å². The lowest BCUT2D eigenvalue weighted by Gasteiger charge is -2.05. The van der Waals surface area contributed by atoms with Crippen LogP contribution in [-0.2, 0) is 25.9 Å². The largest absolute Gasteiger partial charge is 0.274 e. The maximum atomic E-state index is 13.0. The van der Waals surface area contributed by atoms with Crippen LogP contribution in [0.5, 0.6) is 0 Å². The van der Waals surface area contributed by atoms with E-state index in [2.05, 4.69) is 0 Å². The van der Waals surface area contributed by atoms with Gasteiger partial charge in [0.05, 0.1) is 21.5 Å².